The average molecular weight is 754 g/mol. The minimum Gasteiger partial charge on any atom is -0.435 e. The standard InChI is InChI=1S/C55H35N3O/c1-4-12-36(13-5-1)37-24-27-43(28-25-37)57(45-30-32-48-47-18-10-11-19-50(47)58(51(48)35-45)42-16-8-3-9-17-42)44-29-31-46-41(34-44)23-22-38-20-21-39-26-33-49-54(53(39)52(38)46)59-55(56-49)40-14-6-2-7-15-40/h1-35H. The first-order valence-electron chi connectivity index (χ1n) is 20.0. The van der Waals surface area contributed by atoms with Crippen LogP contribution in [-0.2, 0) is 0 Å². The molecule has 12 rings (SSSR count). The first-order chi connectivity index (χ1) is 29.2. The molecule has 0 aliphatic carbocycles. The highest BCUT2D eigenvalue weighted by Gasteiger charge is 2.20. The molecule has 0 atom stereocenters. The van der Waals surface area contributed by atoms with Crippen LogP contribution in [-0.4, -0.2) is 9.55 Å². The highest BCUT2D eigenvalue weighted by molar-refractivity contribution is 6.26. The topological polar surface area (TPSA) is 34.2 Å². The summed E-state index contributed by atoms with van der Waals surface area (Å²) < 4.78 is 9.01. The summed E-state index contributed by atoms with van der Waals surface area (Å²) >= 11 is 0. The fourth-order valence-electron chi connectivity index (χ4n) is 9.01. The van der Waals surface area contributed by atoms with Crippen LogP contribution in [0.1, 0.15) is 0 Å². The molecule has 0 saturated heterocycles. The molecule has 0 spiro atoms. The number of oxazole rings is 1. The number of hydrogen-bond acceptors (Lipinski definition) is 3. The predicted molar refractivity (Wildman–Crippen MR) is 246 cm³/mol. The summed E-state index contributed by atoms with van der Waals surface area (Å²) in [6.07, 6.45) is 0. The van der Waals surface area contributed by atoms with E-state index in [1.54, 1.807) is 0 Å². The van der Waals surface area contributed by atoms with Gasteiger partial charge in [0.15, 0.2) is 5.58 Å². The quantitative estimate of drug-likeness (QED) is 0.159. The van der Waals surface area contributed by atoms with Gasteiger partial charge in [0.25, 0.3) is 0 Å². The molecule has 0 aliphatic rings. The third-order valence-corrected chi connectivity index (χ3v) is 11.8. The lowest BCUT2D eigenvalue weighted by Gasteiger charge is -2.26. The van der Waals surface area contributed by atoms with Crippen LogP contribution >= 0.6 is 0 Å². The lowest BCUT2D eigenvalue weighted by atomic mass is 9.95. The second kappa shape index (κ2) is 13.3. The van der Waals surface area contributed by atoms with Crippen molar-refractivity contribution >= 4 is 82.3 Å². The Bertz CT molecular complexity index is 3530. The van der Waals surface area contributed by atoms with Crippen molar-refractivity contribution in [3.05, 3.63) is 212 Å². The van der Waals surface area contributed by atoms with E-state index in [2.05, 4.69) is 191 Å². The Labute approximate surface area is 340 Å². The Kier molecular flexibility index (Phi) is 7.50. The Hall–Kier alpha value is -7.95. The molecular weight excluding hydrogens is 719 g/mol. The van der Waals surface area contributed by atoms with Crippen LogP contribution < -0.4 is 4.90 Å². The fourth-order valence-corrected chi connectivity index (χ4v) is 9.01. The summed E-state index contributed by atoms with van der Waals surface area (Å²) in [5.74, 6) is 0.629. The van der Waals surface area contributed by atoms with Crippen molar-refractivity contribution in [2.45, 2.75) is 0 Å². The summed E-state index contributed by atoms with van der Waals surface area (Å²) in [6, 6.07) is 75.9. The number of hydrogen-bond donors (Lipinski definition) is 0. The first-order valence-corrected chi connectivity index (χ1v) is 20.0. The van der Waals surface area contributed by atoms with Crippen molar-refractivity contribution < 1.29 is 4.42 Å². The van der Waals surface area contributed by atoms with Crippen LogP contribution in [0, 0.1) is 0 Å². The minimum absolute atomic E-state index is 0.629. The van der Waals surface area contributed by atoms with Gasteiger partial charge in [0.05, 0.1) is 11.0 Å². The van der Waals surface area contributed by atoms with Gasteiger partial charge in [-0.05, 0) is 105 Å². The lowest BCUT2D eigenvalue weighted by molar-refractivity contribution is 0.623. The second-order valence-corrected chi connectivity index (χ2v) is 15.2. The number of anilines is 3. The van der Waals surface area contributed by atoms with E-state index in [-0.39, 0.29) is 0 Å². The van der Waals surface area contributed by atoms with Gasteiger partial charge in [0, 0.05) is 49.9 Å². The van der Waals surface area contributed by atoms with Gasteiger partial charge in [-0.3, -0.25) is 0 Å². The molecule has 59 heavy (non-hydrogen) atoms. The van der Waals surface area contributed by atoms with E-state index in [0.29, 0.717) is 5.89 Å². The molecule has 0 radical (unpaired) electrons. The summed E-state index contributed by atoms with van der Waals surface area (Å²) in [6.45, 7) is 0. The zero-order valence-corrected chi connectivity index (χ0v) is 32.0. The number of aromatic nitrogens is 2. The van der Waals surface area contributed by atoms with Crippen molar-refractivity contribution in [1.82, 2.24) is 9.55 Å². The minimum atomic E-state index is 0.629. The zero-order chi connectivity index (χ0) is 38.9. The second-order valence-electron chi connectivity index (χ2n) is 15.2. The molecule has 0 aliphatic heterocycles. The molecule has 0 N–H and O–H groups in total. The maximum absolute atomic E-state index is 6.62. The van der Waals surface area contributed by atoms with Crippen LogP contribution in [0.2, 0.25) is 0 Å². The van der Waals surface area contributed by atoms with Gasteiger partial charge in [0.2, 0.25) is 5.89 Å². The Balaban J connectivity index is 1.07. The van der Waals surface area contributed by atoms with E-state index in [4.69, 9.17) is 9.40 Å². The molecule has 4 heteroatoms. The molecule has 0 amide bonds. The van der Waals surface area contributed by atoms with Crippen molar-refractivity contribution in [3.8, 4) is 28.3 Å². The lowest BCUT2D eigenvalue weighted by Crippen LogP contribution is -2.10. The predicted octanol–water partition coefficient (Wildman–Crippen LogP) is 15.2. The van der Waals surface area contributed by atoms with Gasteiger partial charge in [-0.25, -0.2) is 4.98 Å². The van der Waals surface area contributed by atoms with Crippen LogP contribution in [0.15, 0.2) is 217 Å². The highest BCUT2D eigenvalue weighted by Crippen LogP contribution is 2.43. The van der Waals surface area contributed by atoms with E-state index in [0.717, 1.165) is 66.5 Å². The van der Waals surface area contributed by atoms with Crippen LogP contribution in [0.3, 0.4) is 0 Å². The van der Waals surface area contributed by atoms with Gasteiger partial charge in [0.1, 0.15) is 5.52 Å². The van der Waals surface area contributed by atoms with E-state index in [1.807, 2.05) is 30.3 Å². The van der Waals surface area contributed by atoms with Crippen molar-refractivity contribution in [1.29, 1.82) is 0 Å². The Morgan fingerprint density at radius 3 is 1.71 bits per heavy atom. The number of rotatable bonds is 6. The first kappa shape index (κ1) is 33.2. The molecule has 4 nitrogen and oxygen atoms in total. The summed E-state index contributed by atoms with van der Waals surface area (Å²) in [5.41, 5.74) is 11.7. The molecule has 0 saturated carbocycles. The summed E-state index contributed by atoms with van der Waals surface area (Å²) in [5, 5.41) is 9.31. The van der Waals surface area contributed by atoms with Gasteiger partial charge in [-0.15, -0.1) is 0 Å². The van der Waals surface area contributed by atoms with Gasteiger partial charge in [-0.1, -0.05) is 140 Å². The molecule has 10 aromatic carbocycles. The van der Waals surface area contributed by atoms with Crippen molar-refractivity contribution in [3.63, 3.8) is 0 Å². The molecule has 0 unspecified atom stereocenters. The largest absolute Gasteiger partial charge is 0.435 e. The molecule has 2 heterocycles. The van der Waals surface area contributed by atoms with Crippen LogP contribution in [0.4, 0.5) is 17.1 Å². The van der Waals surface area contributed by atoms with E-state index in [1.165, 1.54) is 38.2 Å². The van der Waals surface area contributed by atoms with E-state index >= 15 is 0 Å². The third-order valence-electron chi connectivity index (χ3n) is 11.8. The van der Waals surface area contributed by atoms with Crippen LogP contribution in [0.25, 0.3) is 93.5 Å². The zero-order valence-electron chi connectivity index (χ0n) is 32.0. The number of para-hydroxylation sites is 2. The molecule has 2 aromatic heterocycles. The smallest absolute Gasteiger partial charge is 0.227 e. The maximum atomic E-state index is 6.62. The third kappa shape index (κ3) is 5.42. The Morgan fingerprint density at radius 2 is 0.949 bits per heavy atom. The molecule has 12 aromatic rings. The SMILES string of the molecule is c1ccc(-c2ccc(N(c3ccc4c(ccc5ccc6ccc7nc(-c8ccccc8)oc7c6c54)c3)c3ccc4c5ccccc5n(-c5ccccc5)c4c3)cc2)cc1. The van der Waals surface area contributed by atoms with Gasteiger partial charge >= 0.3 is 0 Å². The molecule has 0 bridgehead atoms. The fraction of sp³-hybridized carbons (Fsp3) is 0. The van der Waals surface area contributed by atoms with Gasteiger partial charge < -0.3 is 13.9 Å². The molecular formula is C55H35N3O. The maximum Gasteiger partial charge on any atom is 0.227 e. The Morgan fingerprint density at radius 1 is 0.390 bits per heavy atom. The number of benzene rings is 10. The average Bonchev–Trinajstić information content (AvgIpc) is 3.90. The summed E-state index contributed by atoms with van der Waals surface area (Å²) in [4.78, 5) is 7.32. The normalized spacial score (nSPS) is 11.7. The highest BCUT2D eigenvalue weighted by atomic mass is 16.3. The summed E-state index contributed by atoms with van der Waals surface area (Å²) in [7, 11) is 0. The molecule has 276 valence electrons. The monoisotopic (exact) mass is 753 g/mol. The van der Waals surface area contributed by atoms with E-state index < -0.39 is 0 Å². The van der Waals surface area contributed by atoms with Crippen LogP contribution in [0.5, 0.6) is 0 Å². The van der Waals surface area contributed by atoms with E-state index in [9.17, 15) is 0 Å². The number of fused-ring (bicyclic) bond motifs is 10. The van der Waals surface area contributed by atoms with Gasteiger partial charge in [-0.2, -0.15) is 0 Å². The van der Waals surface area contributed by atoms with Crippen molar-refractivity contribution in [2.75, 3.05) is 4.90 Å². The number of nitrogens with zero attached hydrogens (tertiary/aromatic N) is 3. The molecule has 0 fully saturated rings. The van der Waals surface area contributed by atoms with Crippen molar-refractivity contribution in [2.24, 2.45) is 0 Å².